The minimum Gasteiger partial charge on any atom is -0.351 e. The summed E-state index contributed by atoms with van der Waals surface area (Å²) in [5.41, 5.74) is 2.43. The SMILES string of the molecule is CC(C)c1ccccc1CNC(=O)CCl. The summed E-state index contributed by atoms with van der Waals surface area (Å²) < 4.78 is 0. The highest BCUT2D eigenvalue weighted by Crippen LogP contribution is 2.18. The van der Waals surface area contributed by atoms with Crippen LogP contribution in [0.15, 0.2) is 24.3 Å². The monoisotopic (exact) mass is 225 g/mol. The van der Waals surface area contributed by atoms with Crippen molar-refractivity contribution in [1.29, 1.82) is 0 Å². The summed E-state index contributed by atoms with van der Waals surface area (Å²) in [6.45, 7) is 4.84. The normalized spacial score (nSPS) is 10.4. The molecule has 1 N–H and O–H groups in total. The zero-order chi connectivity index (χ0) is 11.3. The van der Waals surface area contributed by atoms with Gasteiger partial charge in [-0.15, -0.1) is 11.6 Å². The Bertz CT molecular complexity index is 336. The Labute approximate surface area is 95.6 Å². The number of rotatable bonds is 4. The smallest absolute Gasteiger partial charge is 0.235 e. The van der Waals surface area contributed by atoms with Gasteiger partial charge in [0.2, 0.25) is 5.91 Å². The van der Waals surface area contributed by atoms with Crippen molar-refractivity contribution in [1.82, 2.24) is 5.32 Å². The zero-order valence-corrected chi connectivity index (χ0v) is 9.84. The average Bonchev–Trinajstić information content (AvgIpc) is 2.26. The first-order chi connectivity index (χ1) is 7.15. The van der Waals surface area contributed by atoms with Crippen LogP contribution in [0.1, 0.15) is 30.9 Å². The average molecular weight is 226 g/mol. The van der Waals surface area contributed by atoms with Crippen molar-refractivity contribution < 1.29 is 4.79 Å². The lowest BCUT2D eigenvalue weighted by Crippen LogP contribution is -2.24. The predicted octanol–water partition coefficient (Wildman–Crippen LogP) is 2.67. The lowest BCUT2D eigenvalue weighted by molar-refractivity contribution is -0.118. The third kappa shape index (κ3) is 3.56. The largest absolute Gasteiger partial charge is 0.351 e. The Kier molecular flexibility index (Phi) is 4.63. The topological polar surface area (TPSA) is 29.1 Å². The number of amides is 1. The molecule has 1 rings (SSSR count). The number of hydrogen-bond acceptors (Lipinski definition) is 1. The zero-order valence-electron chi connectivity index (χ0n) is 9.09. The van der Waals surface area contributed by atoms with Crippen LogP contribution in [0, 0.1) is 0 Å². The second kappa shape index (κ2) is 5.76. The third-order valence-corrected chi connectivity index (χ3v) is 2.52. The Morgan fingerprint density at radius 1 is 1.40 bits per heavy atom. The summed E-state index contributed by atoms with van der Waals surface area (Å²) in [6, 6.07) is 8.12. The molecule has 3 heteroatoms. The van der Waals surface area contributed by atoms with E-state index in [2.05, 4.69) is 25.2 Å². The summed E-state index contributed by atoms with van der Waals surface area (Å²) in [6.07, 6.45) is 0. The summed E-state index contributed by atoms with van der Waals surface area (Å²) in [4.78, 5) is 11.0. The van der Waals surface area contributed by atoms with Crippen LogP contribution in [-0.4, -0.2) is 11.8 Å². The van der Waals surface area contributed by atoms with Gasteiger partial charge >= 0.3 is 0 Å². The molecule has 0 heterocycles. The van der Waals surface area contributed by atoms with E-state index < -0.39 is 0 Å². The molecule has 0 spiro atoms. The molecule has 1 amide bonds. The molecule has 0 aliphatic carbocycles. The third-order valence-electron chi connectivity index (χ3n) is 2.27. The minimum absolute atomic E-state index is 0.0177. The van der Waals surface area contributed by atoms with E-state index in [4.69, 9.17) is 11.6 Å². The molecule has 2 nitrogen and oxygen atoms in total. The van der Waals surface area contributed by atoms with Crippen molar-refractivity contribution in [3.05, 3.63) is 35.4 Å². The molecule has 82 valence electrons. The van der Waals surface area contributed by atoms with Gasteiger partial charge in [0.25, 0.3) is 0 Å². The van der Waals surface area contributed by atoms with E-state index >= 15 is 0 Å². The first-order valence-electron chi connectivity index (χ1n) is 5.05. The van der Waals surface area contributed by atoms with E-state index in [1.807, 2.05) is 18.2 Å². The second-order valence-electron chi connectivity index (χ2n) is 3.76. The number of benzene rings is 1. The number of nitrogens with one attached hydrogen (secondary N) is 1. The highest BCUT2D eigenvalue weighted by molar-refractivity contribution is 6.27. The molecule has 1 aromatic carbocycles. The van der Waals surface area contributed by atoms with Gasteiger partial charge in [0, 0.05) is 6.54 Å². The van der Waals surface area contributed by atoms with Gasteiger partial charge in [-0.05, 0) is 17.0 Å². The summed E-state index contributed by atoms with van der Waals surface area (Å²) in [5, 5.41) is 2.77. The van der Waals surface area contributed by atoms with E-state index in [9.17, 15) is 4.79 Å². The summed E-state index contributed by atoms with van der Waals surface area (Å²) in [5.74, 6) is 0.355. The summed E-state index contributed by atoms with van der Waals surface area (Å²) >= 11 is 5.41. The van der Waals surface area contributed by atoms with Crippen molar-refractivity contribution in [2.24, 2.45) is 0 Å². The Balaban J connectivity index is 2.71. The van der Waals surface area contributed by atoms with Crippen LogP contribution in [0.4, 0.5) is 0 Å². The number of hydrogen-bond donors (Lipinski definition) is 1. The number of halogens is 1. The minimum atomic E-state index is -0.129. The molecule has 15 heavy (non-hydrogen) atoms. The van der Waals surface area contributed by atoms with Crippen molar-refractivity contribution in [2.45, 2.75) is 26.3 Å². The molecule has 0 atom stereocenters. The quantitative estimate of drug-likeness (QED) is 0.785. The van der Waals surface area contributed by atoms with Crippen LogP contribution in [0.2, 0.25) is 0 Å². The molecule has 1 aromatic rings. The van der Waals surface area contributed by atoms with Crippen LogP contribution in [0.25, 0.3) is 0 Å². The van der Waals surface area contributed by atoms with Gasteiger partial charge in [-0.2, -0.15) is 0 Å². The number of carbonyl (C=O) groups excluding carboxylic acids is 1. The fourth-order valence-corrected chi connectivity index (χ4v) is 1.59. The Morgan fingerprint density at radius 3 is 2.67 bits per heavy atom. The van der Waals surface area contributed by atoms with Crippen LogP contribution in [0.5, 0.6) is 0 Å². The van der Waals surface area contributed by atoms with Gasteiger partial charge in [-0.3, -0.25) is 4.79 Å². The molecule has 0 saturated carbocycles. The maximum atomic E-state index is 11.0. The first kappa shape index (κ1) is 12.1. The van der Waals surface area contributed by atoms with Crippen LogP contribution >= 0.6 is 11.6 Å². The molecule has 0 radical (unpaired) electrons. The van der Waals surface area contributed by atoms with E-state index in [-0.39, 0.29) is 11.8 Å². The van der Waals surface area contributed by atoms with Crippen molar-refractivity contribution in [3.8, 4) is 0 Å². The Morgan fingerprint density at radius 2 is 2.07 bits per heavy atom. The lowest BCUT2D eigenvalue weighted by Gasteiger charge is -2.12. The van der Waals surface area contributed by atoms with Crippen molar-refractivity contribution in [2.75, 3.05) is 5.88 Å². The first-order valence-corrected chi connectivity index (χ1v) is 5.59. The van der Waals surface area contributed by atoms with E-state index in [1.54, 1.807) is 0 Å². The van der Waals surface area contributed by atoms with E-state index in [0.717, 1.165) is 5.56 Å². The van der Waals surface area contributed by atoms with E-state index in [0.29, 0.717) is 12.5 Å². The van der Waals surface area contributed by atoms with Gasteiger partial charge in [0.05, 0.1) is 0 Å². The molecule has 0 aromatic heterocycles. The van der Waals surface area contributed by atoms with Gasteiger partial charge < -0.3 is 5.32 Å². The van der Waals surface area contributed by atoms with Crippen molar-refractivity contribution >= 4 is 17.5 Å². The van der Waals surface area contributed by atoms with Gasteiger partial charge in [-0.1, -0.05) is 38.1 Å². The molecule has 0 aliphatic rings. The number of carbonyl (C=O) groups is 1. The maximum Gasteiger partial charge on any atom is 0.235 e. The van der Waals surface area contributed by atoms with Crippen LogP contribution in [-0.2, 0) is 11.3 Å². The fourth-order valence-electron chi connectivity index (χ4n) is 1.50. The molecule has 0 aliphatic heterocycles. The van der Waals surface area contributed by atoms with E-state index in [1.165, 1.54) is 5.56 Å². The molecule has 0 unspecified atom stereocenters. The maximum absolute atomic E-state index is 11.0. The lowest BCUT2D eigenvalue weighted by atomic mass is 9.97. The van der Waals surface area contributed by atoms with Crippen molar-refractivity contribution in [3.63, 3.8) is 0 Å². The highest BCUT2D eigenvalue weighted by Gasteiger charge is 2.06. The highest BCUT2D eigenvalue weighted by atomic mass is 35.5. The fraction of sp³-hybridized carbons (Fsp3) is 0.417. The number of alkyl halides is 1. The second-order valence-corrected chi connectivity index (χ2v) is 4.03. The molecule has 0 bridgehead atoms. The Hall–Kier alpha value is -1.02. The predicted molar refractivity (Wildman–Crippen MR) is 63.1 cm³/mol. The molecular weight excluding hydrogens is 210 g/mol. The molecule has 0 fully saturated rings. The van der Waals surface area contributed by atoms with Crippen LogP contribution in [0.3, 0.4) is 0 Å². The van der Waals surface area contributed by atoms with Gasteiger partial charge in [0.1, 0.15) is 5.88 Å². The molecule has 0 saturated heterocycles. The standard InChI is InChI=1S/C12H16ClNO/c1-9(2)11-6-4-3-5-10(11)8-14-12(15)7-13/h3-6,9H,7-8H2,1-2H3,(H,14,15). The van der Waals surface area contributed by atoms with Gasteiger partial charge in [-0.25, -0.2) is 0 Å². The molecular formula is C12H16ClNO. The van der Waals surface area contributed by atoms with Gasteiger partial charge in [0.15, 0.2) is 0 Å². The summed E-state index contributed by atoms with van der Waals surface area (Å²) in [7, 11) is 0. The van der Waals surface area contributed by atoms with Crippen LogP contribution < -0.4 is 5.32 Å².